The molecule has 2 aromatic carbocycles. The number of hydrogen-bond donors (Lipinski definition) is 1. The van der Waals surface area contributed by atoms with E-state index < -0.39 is 5.97 Å². The second-order valence-corrected chi connectivity index (χ2v) is 10.3. The number of unbranched alkanes of at least 4 members (excludes halogenated alkanes) is 7. The minimum atomic E-state index is -0.921. The summed E-state index contributed by atoms with van der Waals surface area (Å²) in [7, 11) is 3.27. The Morgan fingerprint density at radius 1 is 0.786 bits per heavy atom. The Hall–Kier alpha value is -3.54. The molecule has 1 atom stereocenters. The third kappa shape index (κ3) is 15.5. The lowest BCUT2D eigenvalue weighted by molar-refractivity contribution is -0.137. The van der Waals surface area contributed by atoms with Crippen molar-refractivity contribution in [2.24, 2.45) is 0 Å². The van der Waals surface area contributed by atoms with Crippen molar-refractivity contribution < 1.29 is 28.9 Å². The van der Waals surface area contributed by atoms with Crippen LogP contribution in [0.3, 0.4) is 0 Å². The van der Waals surface area contributed by atoms with Gasteiger partial charge in [-0.25, -0.2) is 9.59 Å². The first-order valence-electron chi connectivity index (χ1n) is 15.5. The number of para-hydroxylation sites is 1. The van der Waals surface area contributed by atoms with Gasteiger partial charge in [0.15, 0.2) is 0 Å². The van der Waals surface area contributed by atoms with Crippen LogP contribution in [0.25, 0.3) is 12.2 Å². The van der Waals surface area contributed by atoms with Crippen LogP contribution < -0.4 is 9.47 Å². The maximum atomic E-state index is 11.6. The minimum Gasteiger partial charge on any atom is -0.497 e. The van der Waals surface area contributed by atoms with E-state index in [1.54, 1.807) is 26.4 Å². The van der Waals surface area contributed by atoms with Crippen LogP contribution in [0.5, 0.6) is 11.5 Å². The van der Waals surface area contributed by atoms with E-state index in [0.717, 1.165) is 48.3 Å². The molecule has 0 aromatic heterocycles. The topological polar surface area (TPSA) is 82.1 Å². The summed E-state index contributed by atoms with van der Waals surface area (Å²) in [5.74, 6) is 0.800. The molecule has 0 aliphatic rings. The summed E-state index contributed by atoms with van der Waals surface area (Å²) in [5.41, 5.74) is 3.03. The molecule has 42 heavy (non-hydrogen) atoms. The number of methoxy groups -OCH3 is 2. The summed E-state index contributed by atoms with van der Waals surface area (Å²) in [6, 6.07) is 13.4. The van der Waals surface area contributed by atoms with Gasteiger partial charge in [-0.1, -0.05) is 96.4 Å². The number of carboxylic acid groups (broad SMARTS) is 1. The lowest BCUT2D eigenvalue weighted by Gasteiger charge is -2.19. The second kappa shape index (κ2) is 23.1. The zero-order valence-electron chi connectivity index (χ0n) is 26.4. The Kier molecular flexibility index (Phi) is 20.0. The molecule has 0 heterocycles. The summed E-state index contributed by atoms with van der Waals surface area (Å²) in [4.78, 5) is 22.3. The third-order valence-electron chi connectivity index (χ3n) is 7.07. The van der Waals surface area contributed by atoms with Crippen molar-refractivity contribution in [3.8, 4) is 11.5 Å². The molecule has 2 rings (SSSR count). The molecule has 0 fully saturated rings. The molecule has 0 bridgehead atoms. The molecule has 0 saturated heterocycles. The highest BCUT2D eigenvalue weighted by Crippen LogP contribution is 2.32. The number of carbonyl (C=O) groups excluding carboxylic acids is 1. The number of benzene rings is 2. The molecule has 0 amide bonds. The fraction of sp³-hybridized carbons (Fsp3) is 0.500. The molecule has 6 heteroatoms. The average molecular weight is 581 g/mol. The van der Waals surface area contributed by atoms with Crippen LogP contribution in [0.2, 0.25) is 0 Å². The van der Waals surface area contributed by atoms with E-state index in [-0.39, 0.29) is 5.97 Å². The van der Waals surface area contributed by atoms with E-state index in [9.17, 15) is 9.59 Å². The summed E-state index contributed by atoms with van der Waals surface area (Å²) in [6.07, 6.45) is 19.0. The van der Waals surface area contributed by atoms with Crippen molar-refractivity contribution in [3.63, 3.8) is 0 Å². The van der Waals surface area contributed by atoms with Crippen LogP contribution in [0.15, 0.2) is 54.6 Å². The van der Waals surface area contributed by atoms with E-state index in [4.69, 9.17) is 19.3 Å². The van der Waals surface area contributed by atoms with Gasteiger partial charge in [-0.3, -0.25) is 0 Å². The Balaban J connectivity index is 0.000000420. The van der Waals surface area contributed by atoms with E-state index in [1.165, 1.54) is 62.7 Å². The van der Waals surface area contributed by atoms with Crippen molar-refractivity contribution in [1.82, 2.24) is 0 Å². The fourth-order valence-electron chi connectivity index (χ4n) is 4.63. The molecule has 0 aliphatic heterocycles. The number of esters is 1. The molecule has 232 valence electrons. The first-order valence-corrected chi connectivity index (χ1v) is 15.5. The van der Waals surface area contributed by atoms with Crippen LogP contribution >= 0.6 is 0 Å². The number of aliphatic carboxylic acids is 1. The van der Waals surface area contributed by atoms with Gasteiger partial charge in [-0.2, -0.15) is 0 Å². The van der Waals surface area contributed by atoms with Gasteiger partial charge < -0.3 is 19.3 Å². The largest absolute Gasteiger partial charge is 0.497 e. The van der Waals surface area contributed by atoms with Crippen molar-refractivity contribution >= 4 is 24.1 Å². The summed E-state index contributed by atoms with van der Waals surface area (Å²) < 4.78 is 15.7. The van der Waals surface area contributed by atoms with Gasteiger partial charge in [0.1, 0.15) is 11.5 Å². The number of hydrogen-bond acceptors (Lipinski definition) is 5. The monoisotopic (exact) mass is 580 g/mol. The Morgan fingerprint density at radius 3 is 2.12 bits per heavy atom. The lowest BCUT2D eigenvalue weighted by atomic mass is 9.87. The maximum Gasteiger partial charge on any atom is 0.330 e. The molecule has 0 radical (unpaired) electrons. The van der Waals surface area contributed by atoms with Crippen LogP contribution in [0, 0.1) is 0 Å². The first-order chi connectivity index (χ1) is 20.4. The van der Waals surface area contributed by atoms with Gasteiger partial charge in [-0.15, -0.1) is 0 Å². The predicted octanol–water partition coefficient (Wildman–Crippen LogP) is 9.48. The fourth-order valence-corrected chi connectivity index (χ4v) is 4.63. The molecule has 0 saturated carbocycles. The van der Waals surface area contributed by atoms with E-state index in [2.05, 4.69) is 20.8 Å². The van der Waals surface area contributed by atoms with Crippen LogP contribution in [-0.4, -0.2) is 37.9 Å². The van der Waals surface area contributed by atoms with Gasteiger partial charge in [0, 0.05) is 17.7 Å². The molecular weight excluding hydrogens is 528 g/mol. The highest BCUT2D eigenvalue weighted by molar-refractivity contribution is 5.87. The normalized spacial score (nSPS) is 11.6. The number of carboxylic acids is 1. The second-order valence-electron chi connectivity index (χ2n) is 10.3. The molecule has 0 aliphatic carbocycles. The highest BCUT2D eigenvalue weighted by atomic mass is 16.5. The van der Waals surface area contributed by atoms with Gasteiger partial charge in [0.2, 0.25) is 0 Å². The van der Waals surface area contributed by atoms with Crippen LogP contribution in [0.4, 0.5) is 0 Å². The van der Waals surface area contributed by atoms with Crippen molar-refractivity contribution in [2.45, 2.75) is 97.3 Å². The summed E-state index contributed by atoms with van der Waals surface area (Å²) in [6.45, 7) is 7.09. The van der Waals surface area contributed by atoms with Crippen LogP contribution in [0.1, 0.15) is 114 Å². The predicted molar refractivity (Wildman–Crippen MR) is 173 cm³/mol. The van der Waals surface area contributed by atoms with Gasteiger partial charge in [0.05, 0.1) is 20.8 Å². The zero-order chi connectivity index (χ0) is 31.0. The highest BCUT2D eigenvalue weighted by Gasteiger charge is 2.14. The van der Waals surface area contributed by atoms with Gasteiger partial charge in [-0.05, 0) is 66.7 Å². The summed E-state index contributed by atoms with van der Waals surface area (Å²) in [5, 5.41) is 8.82. The zero-order valence-corrected chi connectivity index (χ0v) is 26.4. The number of ether oxygens (including phenoxy) is 3. The van der Waals surface area contributed by atoms with Gasteiger partial charge >= 0.3 is 11.9 Å². The minimum absolute atomic E-state index is 0.297. The number of rotatable bonds is 19. The van der Waals surface area contributed by atoms with Crippen molar-refractivity contribution in [3.05, 3.63) is 71.3 Å². The number of carbonyl (C=O) groups is 2. The molecule has 0 spiro atoms. The third-order valence-corrected chi connectivity index (χ3v) is 7.07. The Bertz CT molecular complexity index is 1090. The van der Waals surface area contributed by atoms with Crippen molar-refractivity contribution in [1.29, 1.82) is 0 Å². The molecular formula is C36H52O6. The quantitative estimate of drug-likeness (QED) is 0.101. The van der Waals surface area contributed by atoms with Crippen molar-refractivity contribution in [2.75, 3.05) is 20.8 Å². The SMILES string of the molecule is CCCCCC(CC)c1cc(OC)ccc1/C=C/C(=O)O.CCCCCCCCOC(=O)/C=C/c1ccccc1OC. The van der Waals surface area contributed by atoms with E-state index in [0.29, 0.717) is 12.5 Å². The molecule has 6 nitrogen and oxygen atoms in total. The Labute approximate surface area is 253 Å². The first kappa shape index (κ1) is 36.5. The maximum absolute atomic E-state index is 11.6. The average Bonchev–Trinajstić information content (AvgIpc) is 3.01. The van der Waals surface area contributed by atoms with E-state index >= 15 is 0 Å². The smallest absolute Gasteiger partial charge is 0.330 e. The molecule has 1 unspecified atom stereocenters. The van der Waals surface area contributed by atoms with Crippen LogP contribution in [-0.2, 0) is 14.3 Å². The standard InChI is InChI=1S/2C18H26O3/c1-4-6-7-8-14(5-2)17-13-16(21-3)11-9-15(17)10-12-18(19)20;1-3-4-5-6-7-10-15-21-18(19)14-13-16-11-8-9-12-17(16)20-2/h9-14H,4-8H2,1-3H3,(H,19,20);8-9,11-14H,3-7,10,15H2,1-2H3/b12-10+;14-13+. The van der Waals surface area contributed by atoms with E-state index in [1.807, 2.05) is 42.5 Å². The molecule has 1 N–H and O–H groups in total. The lowest BCUT2D eigenvalue weighted by Crippen LogP contribution is -2.02. The molecule has 2 aromatic rings. The van der Waals surface area contributed by atoms with Gasteiger partial charge in [0.25, 0.3) is 0 Å². The summed E-state index contributed by atoms with van der Waals surface area (Å²) >= 11 is 0. The Morgan fingerprint density at radius 2 is 1.45 bits per heavy atom.